The molecule has 1 amide bonds. The summed E-state index contributed by atoms with van der Waals surface area (Å²) in [6, 6.07) is 4.87. The first-order valence-electron chi connectivity index (χ1n) is 8.43. The fraction of sp³-hybridized carbons (Fsp3) is 0.667. The summed E-state index contributed by atoms with van der Waals surface area (Å²) in [6.45, 7) is 6.58. The molecule has 5 heteroatoms. The average molecular weight is 319 g/mol. The fourth-order valence-electron chi connectivity index (χ4n) is 2.91. The van der Waals surface area contributed by atoms with Crippen molar-refractivity contribution in [2.24, 2.45) is 0 Å². The van der Waals surface area contributed by atoms with Crippen LogP contribution in [0.1, 0.15) is 52.0 Å². The van der Waals surface area contributed by atoms with Crippen molar-refractivity contribution in [1.29, 1.82) is 0 Å². The number of rotatable bonds is 4. The lowest BCUT2D eigenvalue weighted by Crippen LogP contribution is -2.44. The standard InChI is InChI=1S/C18H29N3O2/c1-18(2,3)23-17(22)21(4)16-7-5-15(6-8-16)20-13-14-9-11-19-12-10-14/h9-12,15-16,20H,5-8,13H2,1-4H3. The van der Waals surface area contributed by atoms with Gasteiger partial charge in [-0.15, -0.1) is 0 Å². The molecule has 1 aromatic heterocycles. The Hall–Kier alpha value is -1.62. The fourth-order valence-corrected chi connectivity index (χ4v) is 2.91. The van der Waals surface area contributed by atoms with Gasteiger partial charge < -0.3 is 15.0 Å². The van der Waals surface area contributed by atoms with E-state index < -0.39 is 5.60 Å². The van der Waals surface area contributed by atoms with Gasteiger partial charge in [0.15, 0.2) is 0 Å². The van der Waals surface area contributed by atoms with Crippen LogP contribution in [0.3, 0.4) is 0 Å². The summed E-state index contributed by atoms with van der Waals surface area (Å²) in [7, 11) is 1.85. The molecule has 0 aliphatic heterocycles. The predicted molar refractivity (Wildman–Crippen MR) is 91.1 cm³/mol. The second-order valence-corrected chi connectivity index (χ2v) is 7.33. The molecule has 1 N–H and O–H groups in total. The molecule has 0 saturated heterocycles. The largest absolute Gasteiger partial charge is 0.444 e. The average Bonchev–Trinajstić information content (AvgIpc) is 2.52. The van der Waals surface area contributed by atoms with Crippen LogP contribution in [-0.2, 0) is 11.3 Å². The van der Waals surface area contributed by atoms with E-state index in [1.54, 1.807) is 4.90 Å². The van der Waals surface area contributed by atoms with Crippen LogP contribution in [0.15, 0.2) is 24.5 Å². The van der Waals surface area contributed by atoms with E-state index in [9.17, 15) is 4.79 Å². The maximum Gasteiger partial charge on any atom is 0.410 e. The maximum absolute atomic E-state index is 12.1. The number of hydrogen-bond acceptors (Lipinski definition) is 4. The van der Waals surface area contributed by atoms with Gasteiger partial charge in [-0.2, -0.15) is 0 Å². The number of nitrogens with zero attached hydrogens (tertiary/aromatic N) is 2. The van der Waals surface area contributed by atoms with Gasteiger partial charge in [0.25, 0.3) is 0 Å². The molecule has 128 valence electrons. The third kappa shape index (κ3) is 5.82. The van der Waals surface area contributed by atoms with Crippen LogP contribution < -0.4 is 5.32 Å². The highest BCUT2D eigenvalue weighted by Crippen LogP contribution is 2.24. The van der Waals surface area contributed by atoms with Crippen molar-refractivity contribution < 1.29 is 9.53 Å². The Kier molecular flexibility index (Phi) is 5.99. The van der Waals surface area contributed by atoms with Gasteiger partial charge in [0.2, 0.25) is 0 Å². The lowest BCUT2D eigenvalue weighted by molar-refractivity contribution is 0.0179. The van der Waals surface area contributed by atoms with Crippen molar-refractivity contribution in [2.75, 3.05) is 7.05 Å². The second-order valence-electron chi connectivity index (χ2n) is 7.33. The van der Waals surface area contributed by atoms with Gasteiger partial charge in [0, 0.05) is 38.1 Å². The molecule has 1 heterocycles. The van der Waals surface area contributed by atoms with Crippen LogP contribution >= 0.6 is 0 Å². The molecule has 0 unspecified atom stereocenters. The van der Waals surface area contributed by atoms with Crippen molar-refractivity contribution in [3.8, 4) is 0 Å². The first-order chi connectivity index (χ1) is 10.8. The molecule has 0 atom stereocenters. The van der Waals surface area contributed by atoms with Crippen molar-refractivity contribution in [2.45, 2.75) is 70.7 Å². The smallest absolute Gasteiger partial charge is 0.410 e. The van der Waals surface area contributed by atoms with Crippen LogP contribution in [0.4, 0.5) is 4.79 Å². The quantitative estimate of drug-likeness (QED) is 0.924. The topological polar surface area (TPSA) is 54.5 Å². The van der Waals surface area contributed by atoms with Crippen LogP contribution in [-0.4, -0.2) is 40.7 Å². The van der Waals surface area contributed by atoms with Gasteiger partial charge in [0.1, 0.15) is 5.60 Å². The normalized spacial score (nSPS) is 21.7. The summed E-state index contributed by atoms with van der Waals surface area (Å²) in [6.07, 6.45) is 7.64. The molecule has 1 aliphatic carbocycles. The van der Waals surface area contributed by atoms with Crippen LogP contribution in [0.5, 0.6) is 0 Å². The van der Waals surface area contributed by atoms with Crippen LogP contribution in [0.25, 0.3) is 0 Å². The zero-order valence-electron chi connectivity index (χ0n) is 14.7. The van der Waals surface area contributed by atoms with Gasteiger partial charge in [-0.25, -0.2) is 4.79 Å². The van der Waals surface area contributed by atoms with E-state index in [0.717, 1.165) is 32.2 Å². The highest BCUT2D eigenvalue weighted by atomic mass is 16.6. The minimum Gasteiger partial charge on any atom is -0.444 e. The number of hydrogen-bond donors (Lipinski definition) is 1. The molecule has 0 spiro atoms. The van der Waals surface area contributed by atoms with Crippen molar-refractivity contribution in [3.05, 3.63) is 30.1 Å². The first-order valence-corrected chi connectivity index (χ1v) is 8.43. The molecular weight excluding hydrogens is 290 g/mol. The summed E-state index contributed by atoms with van der Waals surface area (Å²) >= 11 is 0. The molecule has 2 rings (SSSR count). The molecule has 1 saturated carbocycles. The Morgan fingerprint density at radius 3 is 2.43 bits per heavy atom. The number of pyridine rings is 1. The molecule has 1 fully saturated rings. The van der Waals surface area contributed by atoms with Crippen LogP contribution in [0.2, 0.25) is 0 Å². The molecule has 23 heavy (non-hydrogen) atoms. The predicted octanol–water partition coefficient (Wildman–Crippen LogP) is 3.35. The molecule has 1 aromatic rings. The lowest BCUT2D eigenvalue weighted by Gasteiger charge is -2.35. The molecule has 0 bridgehead atoms. The van der Waals surface area contributed by atoms with Gasteiger partial charge in [-0.1, -0.05) is 0 Å². The Bertz CT molecular complexity index is 491. The molecule has 0 aromatic carbocycles. The van der Waals surface area contributed by atoms with Crippen molar-refractivity contribution in [3.63, 3.8) is 0 Å². The van der Waals surface area contributed by atoms with E-state index in [2.05, 4.69) is 10.3 Å². The Labute approximate surface area is 139 Å². The number of ether oxygens (including phenoxy) is 1. The van der Waals surface area contributed by atoms with Gasteiger partial charge in [-0.3, -0.25) is 4.98 Å². The highest BCUT2D eigenvalue weighted by Gasteiger charge is 2.29. The summed E-state index contributed by atoms with van der Waals surface area (Å²) in [4.78, 5) is 17.9. The van der Waals surface area contributed by atoms with Crippen LogP contribution in [0, 0.1) is 0 Å². The summed E-state index contributed by atoms with van der Waals surface area (Å²) in [5.74, 6) is 0. The number of amides is 1. The summed E-state index contributed by atoms with van der Waals surface area (Å²) in [5, 5.41) is 3.60. The molecular formula is C18H29N3O2. The summed E-state index contributed by atoms with van der Waals surface area (Å²) in [5.41, 5.74) is 0.822. The Morgan fingerprint density at radius 2 is 1.87 bits per heavy atom. The minimum atomic E-state index is -0.436. The van der Waals surface area contributed by atoms with Gasteiger partial charge >= 0.3 is 6.09 Å². The summed E-state index contributed by atoms with van der Waals surface area (Å²) < 4.78 is 5.45. The van der Waals surface area contributed by atoms with E-state index in [0.29, 0.717) is 6.04 Å². The van der Waals surface area contributed by atoms with E-state index in [1.165, 1.54) is 5.56 Å². The zero-order chi connectivity index (χ0) is 16.9. The Morgan fingerprint density at radius 1 is 1.26 bits per heavy atom. The molecule has 5 nitrogen and oxygen atoms in total. The van der Waals surface area contributed by atoms with Gasteiger partial charge in [-0.05, 0) is 64.2 Å². The molecule has 1 aliphatic rings. The zero-order valence-corrected chi connectivity index (χ0v) is 14.7. The number of carbonyl (C=O) groups excluding carboxylic acids is 1. The highest BCUT2D eigenvalue weighted by molar-refractivity contribution is 5.68. The number of carbonyl (C=O) groups is 1. The third-order valence-electron chi connectivity index (χ3n) is 4.27. The minimum absolute atomic E-state index is 0.217. The third-order valence-corrected chi connectivity index (χ3v) is 4.27. The van der Waals surface area contributed by atoms with Gasteiger partial charge in [0.05, 0.1) is 0 Å². The SMILES string of the molecule is CN(C(=O)OC(C)(C)C)C1CCC(NCc2ccncc2)CC1. The van der Waals surface area contributed by atoms with E-state index in [4.69, 9.17) is 4.74 Å². The maximum atomic E-state index is 12.1. The number of nitrogens with one attached hydrogen (secondary N) is 1. The molecule has 0 radical (unpaired) electrons. The number of aromatic nitrogens is 1. The van der Waals surface area contributed by atoms with Crippen molar-refractivity contribution >= 4 is 6.09 Å². The second kappa shape index (κ2) is 7.77. The first kappa shape index (κ1) is 17.7. The van der Waals surface area contributed by atoms with E-state index in [1.807, 2.05) is 52.3 Å². The monoisotopic (exact) mass is 319 g/mol. The van der Waals surface area contributed by atoms with E-state index >= 15 is 0 Å². The van der Waals surface area contributed by atoms with E-state index in [-0.39, 0.29) is 12.1 Å². The Balaban J connectivity index is 1.74. The lowest BCUT2D eigenvalue weighted by atomic mass is 9.90. The van der Waals surface area contributed by atoms with Crippen molar-refractivity contribution in [1.82, 2.24) is 15.2 Å².